The van der Waals surface area contributed by atoms with Crippen LogP contribution in [0.3, 0.4) is 0 Å². The van der Waals surface area contributed by atoms with Crippen molar-refractivity contribution in [2.45, 2.75) is 45.7 Å². The van der Waals surface area contributed by atoms with Gasteiger partial charge >= 0.3 is 0 Å². The molecule has 0 bridgehead atoms. The molecule has 0 saturated heterocycles. The van der Waals surface area contributed by atoms with Crippen LogP contribution in [0.2, 0.25) is 5.02 Å². The molecule has 1 aliphatic carbocycles. The number of nitrogens with one attached hydrogen (secondary N) is 2. The third-order valence-electron chi connectivity index (χ3n) is 6.11. The smallest absolute Gasteiger partial charge is 0.126 e. The number of aromatic nitrogens is 4. The second-order valence-electron chi connectivity index (χ2n) is 10.4. The minimum Gasteiger partial charge on any atom is -0.383 e. The second kappa shape index (κ2) is 9.40. The van der Waals surface area contributed by atoms with Crippen molar-refractivity contribution in [3.63, 3.8) is 0 Å². The van der Waals surface area contributed by atoms with Crippen molar-refractivity contribution in [1.29, 1.82) is 5.26 Å². The predicted molar refractivity (Wildman–Crippen MR) is 140 cm³/mol. The van der Waals surface area contributed by atoms with Gasteiger partial charge in [-0.3, -0.25) is 4.98 Å². The van der Waals surface area contributed by atoms with Crippen molar-refractivity contribution < 1.29 is 4.39 Å². The normalized spacial score (nSPS) is 14.4. The molecule has 0 amide bonds. The van der Waals surface area contributed by atoms with Crippen LogP contribution in [-0.2, 0) is 0 Å². The number of rotatable bonds is 7. The molecule has 4 aromatic rings. The number of hydrogen-bond donors (Lipinski definition) is 2. The van der Waals surface area contributed by atoms with Gasteiger partial charge in [0.1, 0.15) is 17.6 Å². The first-order valence-electron chi connectivity index (χ1n) is 11.9. The number of fused-ring (bicyclic) bond motifs is 1. The van der Waals surface area contributed by atoms with Gasteiger partial charge in [0, 0.05) is 23.2 Å². The van der Waals surface area contributed by atoms with Gasteiger partial charge in [-0.15, -0.1) is 5.10 Å². The molecule has 1 aliphatic rings. The monoisotopic (exact) mass is 503 g/mol. The van der Waals surface area contributed by atoms with Crippen LogP contribution in [0.4, 0.5) is 15.8 Å². The fraction of sp³-hybridized carbons (Fsp3) is 0.333. The molecule has 0 unspecified atom stereocenters. The lowest BCUT2D eigenvalue weighted by atomic mass is 9.96. The number of hydrogen-bond acceptors (Lipinski definition) is 6. The maximum atomic E-state index is 15.0. The average Bonchev–Trinajstić information content (AvgIpc) is 3.57. The zero-order valence-electron chi connectivity index (χ0n) is 20.4. The quantitative estimate of drug-likeness (QED) is 0.299. The molecule has 2 heterocycles. The Morgan fingerprint density at radius 1 is 1.25 bits per heavy atom. The summed E-state index contributed by atoms with van der Waals surface area (Å²) in [7, 11) is 0. The molecule has 7 nitrogen and oxygen atoms in total. The van der Waals surface area contributed by atoms with Crippen LogP contribution in [-0.4, -0.2) is 26.5 Å². The summed E-state index contributed by atoms with van der Waals surface area (Å²) in [6.45, 7) is 6.87. The number of halogens is 2. The van der Waals surface area contributed by atoms with E-state index >= 15 is 4.39 Å². The van der Waals surface area contributed by atoms with Gasteiger partial charge < -0.3 is 10.6 Å². The standard InChI is InChI=1S/C27H27ClFN7/c1-27(2,3)15-32-24-16(12-30)13-31-25-20(24)10-17(29)11-22(25)33-26(19-6-4-5-7-21(19)28)23-14-36(35-34-23)18-8-9-18/h4-7,10-11,13-14,18,26,33H,8-9,15H2,1-3H3,(H,31,32)/t26-/m0/s1. The van der Waals surface area contributed by atoms with E-state index in [-0.39, 0.29) is 5.41 Å². The first-order valence-corrected chi connectivity index (χ1v) is 12.3. The molecule has 1 saturated carbocycles. The predicted octanol–water partition coefficient (Wildman–Crippen LogP) is 6.48. The third kappa shape index (κ3) is 4.98. The molecule has 9 heteroatoms. The molecule has 0 aliphatic heterocycles. The maximum Gasteiger partial charge on any atom is 0.126 e. The highest BCUT2D eigenvalue weighted by Crippen LogP contribution is 2.38. The highest BCUT2D eigenvalue weighted by Gasteiger charge is 2.28. The number of pyridine rings is 1. The van der Waals surface area contributed by atoms with E-state index in [0.717, 1.165) is 18.4 Å². The molecule has 36 heavy (non-hydrogen) atoms. The topological polar surface area (TPSA) is 91.5 Å². The molecule has 1 atom stereocenters. The van der Waals surface area contributed by atoms with Crippen molar-refractivity contribution in [1.82, 2.24) is 20.0 Å². The van der Waals surface area contributed by atoms with E-state index < -0.39 is 11.9 Å². The number of nitrogens with zero attached hydrogens (tertiary/aromatic N) is 5. The van der Waals surface area contributed by atoms with E-state index in [1.165, 1.54) is 18.3 Å². The van der Waals surface area contributed by atoms with Crippen molar-refractivity contribution >= 4 is 33.9 Å². The Hall–Kier alpha value is -3.70. The van der Waals surface area contributed by atoms with Gasteiger partial charge in [0.15, 0.2) is 0 Å². The van der Waals surface area contributed by atoms with Gasteiger partial charge in [0.25, 0.3) is 0 Å². The lowest BCUT2D eigenvalue weighted by molar-refractivity contribution is 0.443. The van der Waals surface area contributed by atoms with Crippen LogP contribution < -0.4 is 10.6 Å². The summed E-state index contributed by atoms with van der Waals surface area (Å²) in [6.07, 6.45) is 5.59. The summed E-state index contributed by atoms with van der Waals surface area (Å²) in [5.74, 6) is -0.444. The molecule has 0 spiro atoms. The zero-order chi connectivity index (χ0) is 25.4. The Balaban J connectivity index is 1.62. The van der Waals surface area contributed by atoms with Crippen LogP contribution in [0, 0.1) is 22.6 Å². The molecular formula is C27H27ClFN7. The van der Waals surface area contributed by atoms with Crippen LogP contribution in [0.15, 0.2) is 48.8 Å². The molecule has 1 fully saturated rings. The maximum absolute atomic E-state index is 15.0. The van der Waals surface area contributed by atoms with E-state index in [2.05, 4.69) is 52.8 Å². The van der Waals surface area contributed by atoms with Crippen molar-refractivity contribution in [2.24, 2.45) is 5.41 Å². The van der Waals surface area contributed by atoms with Crippen molar-refractivity contribution in [3.8, 4) is 6.07 Å². The summed E-state index contributed by atoms with van der Waals surface area (Å²) in [5, 5.41) is 26.3. The summed E-state index contributed by atoms with van der Waals surface area (Å²) < 4.78 is 16.9. The van der Waals surface area contributed by atoms with Crippen molar-refractivity contribution in [2.75, 3.05) is 17.2 Å². The minimum atomic E-state index is -0.486. The highest BCUT2D eigenvalue weighted by molar-refractivity contribution is 6.31. The average molecular weight is 504 g/mol. The SMILES string of the molecule is CC(C)(C)CNc1c(C#N)cnc2c(N[C@H](c3cn(C4CC4)nn3)c3ccccc3Cl)cc(F)cc12. The second-order valence-corrected chi connectivity index (χ2v) is 10.8. The number of anilines is 2. The van der Waals surface area contributed by atoms with Crippen molar-refractivity contribution in [3.05, 3.63) is 76.5 Å². The van der Waals surface area contributed by atoms with Crippen LogP contribution in [0.5, 0.6) is 0 Å². The Morgan fingerprint density at radius 3 is 2.72 bits per heavy atom. The van der Waals surface area contributed by atoms with Gasteiger partial charge in [0.2, 0.25) is 0 Å². The molecule has 2 N–H and O–H groups in total. The number of nitriles is 1. The fourth-order valence-electron chi connectivity index (χ4n) is 4.12. The van der Waals surface area contributed by atoms with E-state index in [4.69, 9.17) is 11.6 Å². The van der Waals surface area contributed by atoms with E-state index in [1.807, 2.05) is 35.1 Å². The number of benzene rings is 2. The summed E-state index contributed by atoms with van der Waals surface area (Å²) in [5.41, 5.74) is 3.36. The van der Waals surface area contributed by atoms with Crippen LogP contribution in [0.25, 0.3) is 10.9 Å². The lowest BCUT2D eigenvalue weighted by Gasteiger charge is -2.23. The molecule has 0 radical (unpaired) electrons. The van der Waals surface area contributed by atoms with Gasteiger partial charge in [0.05, 0.1) is 40.7 Å². The van der Waals surface area contributed by atoms with Gasteiger partial charge in [-0.05, 0) is 42.0 Å². The molecular weight excluding hydrogens is 477 g/mol. The third-order valence-corrected chi connectivity index (χ3v) is 6.46. The Bertz CT molecular complexity index is 1460. The van der Waals surface area contributed by atoms with Gasteiger partial charge in [-0.25, -0.2) is 9.07 Å². The molecule has 2 aromatic heterocycles. The Morgan fingerprint density at radius 2 is 2.03 bits per heavy atom. The summed E-state index contributed by atoms with van der Waals surface area (Å²) in [4.78, 5) is 4.54. The largest absolute Gasteiger partial charge is 0.383 e. The highest BCUT2D eigenvalue weighted by atomic mass is 35.5. The van der Waals surface area contributed by atoms with Crippen LogP contribution in [0.1, 0.15) is 62.5 Å². The first-order chi connectivity index (χ1) is 17.2. The summed E-state index contributed by atoms with van der Waals surface area (Å²) in [6, 6.07) is 12.4. The zero-order valence-corrected chi connectivity index (χ0v) is 21.1. The molecule has 2 aromatic carbocycles. The van der Waals surface area contributed by atoms with Gasteiger partial charge in [-0.2, -0.15) is 5.26 Å². The van der Waals surface area contributed by atoms with Gasteiger partial charge in [-0.1, -0.05) is 55.8 Å². The lowest BCUT2D eigenvalue weighted by Crippen LogP contribution is -2.20. The minimum absolute atomic E-state index is 0.0424. The summed E-state index contributed by atoms with van der Waals surface area (Å²) >= 11 is 6.58. The molecule has 184 valence electrons. The van der Waals surface area contributed by atoms with E-state index in [0.29, 0.717) is 51.1 Å². The first kappa shape index (κ1) is 24.0. The van der Waals surface area contributed by atoms with E-state index in [1.54, 1.807) is 0 Å². The fourth-order valence-corrected chi connectivity index (χ4v) is 4.37. The van der Waals surface area contributed by atoms with Crippen LogP contribution >= 0.6 is 11.6 Å². The Kier molecular flexibility index (Phi) is 6.27. The van der Waals surface area contributed by atoms with E-state index in [9.17, 15) is 5.26 Å². The molecule has 5 rings (SSSR count). The Labute approximate surface area is 214 Å².